The van der Waals surface area contributed by atoms with Gasteiger partial charge in [0, 0.05) is 17.1 Å². The number of carbonyl (C=O) groups is 2. The fourth-order valence-corrected chi connectivity index (χ4v) is 1.74. The van der Waals surface area contributed by atoms with Gasteiger partial charge in [-0.05, 0) is 12.5 Å². The van der Waals surface area contributed by atoms with Crippen molar-refractivity contribution in [3.05, 3.63) is 36.0 Å². The summed E-state index contributed by atoms with van der Waals surface area (Å²) in [6.07, 6.45) is 3.25. The number of rotatable bonds is 5. The summed E-state index contributed by atoms with van der Waals surface area (Å²) in [5.74, 6) is -1.38. The molecule has 0 bridgehead atoms. The number of Topliss-reactive ketones (excluding diaryl/α,β-unsaturated/α-hetero) is 1. The standard InChI is InChI=1S/C14H15NO3/c1-2-3-8-18-14(17)13(16)11-9-15-12-7-5-4-6-10(11)12/h4-7,9,15H,2-3,8H2,1H3. The third-order valence-electron chi connectivity index (χ3n) is 2.75. The maximum Gasteiger partial charge on any atom is 0.379 e. The Labute approximate surface area is 105 Å². The lowest BCUT2D eigenvalue weighted by atomic mass is 10.1. The molecule has 4 nitrogen and oxygen atoms in total. The van der Waals surface area contributed by atoms with Gasteiger partial charge in [0.1, 0.15) is 0 Å². The zero-order valence-electron chi connectivity index (χ0n) is 10.2. The minimum atomic E-state index is -0.784. The van der Waals surface area contributed by atoms with E-state index in [9.17, 15) is 9.59 Å². The predicted molar refractivity (Wildman–Crippen MR) is 68.5 cm³/mol. The molecule has 1 heterocycles. The first-order chi connectivity index (χ1) is 8.74. The van der Waals surface area contributed by atoms with Gasteiger partial charge < -0.3 is 9.72 Å². The van der Waals surface area contributed by atoms with E-state index in [4.69, 9.17) is 4.74 Å². The highest BCUT2D eigenvalue weighted by Gasteiger charge is 2.20. The minimum absolute atomic E-state index is 0.295. The molecule has 0 unspecified atom stereocenters. The van der Waals surface area contributed by atoms with Crippen LogP contribution in [0, 0.1) is 0 Å². The zero-order valence-corrected chi connectivity index (χ0v) is 10.2. The Balaban J connectivity index is 2.16. The molecule has 0 aliphatic carbocycles. The summed E-state index contributed by atoms with van der Waals surface area (Å²) < 4.78 is 4.91. The number of fused-ring (bicyclic) bond motifs is 1. The van der Waals surface area contributed by atoms with Crippen molar-refractivity contribution in [2.45, 2.75) is 19.8 Å². The molecule has 0 saturated carbocycles. The van der Waals surface area contributed by atoms with Gasteiger partial charge >= 0.3 is 5.97 Å². The van der Waals surface area contributed by atoms with Gasteiger partial charge in [-0.3, -0.25) is 4.79 Å². The Bertz CT molecular complexity index is 571. The summed E-state index contributed by atoms with van der Waals surface area (Å²) in [4.78, 5) is 26.5. The highest BCUT2D eigenvalue weighted by molar-refractivity contribution is 6.42. The van der Waals surface area contributed by atoms with E-state index in [0.717, 1.165) is 23.7 Å². The van der Waals surface area contributed by atoms with Crippen molar-refractivity contribution < 1.29 is 14.3 Å². The lowest BCUT2D eigenvalue weighted by molar-refractivity contribution is -0.138. The average Bonchev–Trinajstić information content (AvgIpc) is 2.82. The Morgan fingerprint density at radius 1 is 1.28 bits per heavy atom. The van der Waals surface area contributed by atoms with Crippen LogP contribution in [0.1, 0.15) is 30.1 Å². The van der Waals surface area contributed by atoms with Crippen molar-refractivity contribution in [3.8, 4) is 0 Å². The molecule has 0 amide bonds. The van der Waals surface area contributed by atoms with Gasteiger partial charge in [0.2, 0.25) is 0 Å². The van der Waals surface area contributed by atoms with Gasteiger partial charge in [0.05, 0.1) is 12.2 Å². The Morgan fingerprint density at radius 2 is 2.06 bits per heavy atom. The molecule has 2 rings (SSSR count). The highest BCUT2D eigenvalue weighted by Crippen LogP contribution is 2.18. The minimum Gasteiger partial charge on any atom is -0.460 e. The van der Waals surface area contributed by atoms with Crippen molar-refractivity contribution in [1.29, 1.82) is 0 Å². The van der Waals surface area contributed by atoms with Crippen LogP contribution in [0.15, 0.2) is 30.5 Å². The normalized spacial score (nSPS) is 10.5. The number of benzene rings is 1. The third-order valence-corrected chi connectivity index (χ3v) is 2.75. The number of nitrogens with one attached hydrogen (secondary N) is 1. The molecule has 4 heteroatoms. The lowest BCUT2D eigenvalue weighted by Crippen LogP contribution is -2.17. The number of aromatic nitrogens is 1. The van der Waals surface area contributed by atoms with Gasteiger partial charge in [-0.2, -0.15) is 0 Å². The average molecular weight is 245 g/mol. The zero-order chi connectivity index (χ0) is 13.0. The number of hydrogen-bond acceptors (Lipinski definition) is 3. The van der Waals surface area contributed by atoms with Crippen LogP contribution in [-0.4, -0.2) is 23.3 Å². The summed E-state index contributed by atoms with van der Waals surface area (Å²) in [5.41, 5.74) is 1.20. The van der Waals surface area contributed by atoms with Crippen LogP contribution in [-0.2, 0) is 9.53 Å². The SMILES string of the molecule is CCCCOC(=O)C(=O)c1c[nH]c2ccccc12. The molecule has 1 aromatic carbocycles. The Morgan fingerprint density at radius 3 is 2.83 bits per heavy atom. The van der Waals surface area contributed by atoms with Gasteiger partial charge in [-0.1, -0.05) is 31.5 Å². The van der Waals surface area contributed by atoms with Crippen LogP contribution in [0.2, 0.25) is 0 Å². The summed E-state index contributed by atoms with van der Waals surface area (Å²) in [5, 5.41) is 0.745. The van der Waals surface area contributed by atoms with E-state index in [0.29, 0.717) is 12.2 Å². The second kappa shape index (κ2) is 5.49. The molecular weight excluding hydrogens is 230 g/mol. The quantitative estimate of drug-likeness (QED) is 0.381. The molecular formula is C14H15NO3. The molecule has 0 aliphatic heterocycles. The molecule has 1 N–H and O–H groups in total. The topological polar surface area (TPSA) is 59.2 Å². The van der Waals surface area contributed by atoms with E-state index < -0.39 is 11.8 Å². The molecule has 0 fully saturated rings. The van der Waals surface area contributed by atoms with Crippen LogP contribution in [0.3, 0.4) is 0 Å². The van der Waals surface area contributed by atoms with Crippen LogP contribution < -0.4 is 0 Å². The van der Waals surface area contributed by atoms with Crippen LogP contribution in [0.5, 0.6) is 0 Å². The fraction of sp³-hybridized carbons (Fsp3) is 0.286. The van der Waals surface area contributed by atoms with Crippen LogP contribution in [0.25, 0.3) is 10.9 Å². The van der Waals surface area contributed by atoms with E-state index in [1.54, 1.807) is 12.3 Å². The van der Waals surface area contributed by atoms with Crippen molar-refractivity contribution in [1.82, 2.24) is 4.98 Å². The van der Waals surface area contributed by atoms with E-state index >= 15 is 0 Å². The Hall–Kier alpha value is -2.10. The first-order valence-corrected chi connectivity index (χ1v) is 6.01. The summed E-state index contributed by atoms with van der Waals surface area (Å²) in [6.45, 7) is 2.29. The van der Waals surface area contributed by atoms with Crippen LogP contribution >= 0.6 is 0 Å². The number of hydrogen-bond donors (Lipinski definition) is 1. The van der Waals surface area contributed by atoms with E-state index in [2.05, 4.69) is 4.98 Å². The molecule has 18 heavy (non-hydrogen) atoms. The number of unbranched alkanes of at least 4 members (excludes halogenated alkanes) is 1. The van der Waals surface area contributed by atoms with E-state index in [-0.39, 0.29) is 0 Å². The third kappa shape index (κ3) is 2.42. The van der Waals surface area contributed by atoms with Gasteiger partial charge in [0.15, 0.2) is 0 Å². The first-order valence-electron chi connectivity index (χ1n) is 6.01. The van der Waals surface area contributed by atoms with E-state index in [1.807, 2.05) is 25.1 Å². The summed E-state index contributed by atoms with van der Waals surface area (Å²) >= 11 is 0. The van der Waals surface area contributed by atoms with Gasteiger partial charge in [0.25, 0.3) is 5.78 Å². The largest absolute Gasteiger partial charge is 0.460 e. The fourth-order valence-electron chi connectivity index (χ4n) is 1.74. The van der Waals surface area contributed by atoms with Crippen molar-refractivity contribution >= 4 is 22.7 Å². The van der Waals surface area contributed by atoms with E-state index in [1.165, 1.54) is 0 Å². The lowest BCUT2D eigenvalue weighted by Gasteiger charge is -2.02. The summed E-state index contributed by atoms with van der Waals surface area (Å²) in [6, 6.07) is 7.36. The molecule has 94 valence electrons. The number of ether oxygens (including phenoxy) is 1. The number of aromatic amines is 1. The molecule has 2 aromatic rings. The molecule has 0 atom stereocenters. The second-order valence-electron chi connectivity index (χ2n) is 4.07. The number of carbonyl (C=O) groups excluding carboxylic acids is 2. The van der Waals surface area contributed by atoms with Crippen molar-refractivity contribution in [2.75, 3.05) is 6.61 Å². The van der Waals surface area contributed by atoms with Crippen LogP contribution in [0.4, 0.5) is 0 Å². The maximum absolute atomic E-state index is 11.9. The monoisotopic (exact) mass is 245 g/mol. The van der Waals surface area contributed by atoms with Gasteiger partial charge in [-0.15, -0.1) is 0 Å². The van der Waals surface area contributed by atoms with Crippen molar-refractivity contribution in [2.24, 2.45) is 0 Å². The van der Waals surface area contributed by atoms with Crippen molar-refractivity contribution in [3.63, 3.8) is 0 Å². The molecule has 0 saturated heterocycles. The summed E-state index contributed by atoms with van der Waals surface area (Å²) in [7, 11) is 0. The molecule has 0 radical (unpaired) electrons. The second-order valence-corrected chi connectivity index (χ2v) is 4.07. The first kappa shape index (κ1) is 12.4. The smallest absolute Gasteiger partial charge is 0.379 e. The molecule has 0 spiro atoms. The number of esters is 1. The van der Waals surface area contributed by atoms with Gasteiger partial charge in [-0.25, -0.2) is 4.79 Å². The molecule has 1 aromatic heterocycles. The number of para-hydroxylation sites is 1. The number of H-pyrrole nitrogens is 1. The maximum atomic E-state index is 11.9. The Kier molecular flexibility index (Phi) is 3.77. The predicted octanol–water partition coefficient (Wildman–Crippen LogP) is 2.69. The molecule has 0 aliphatic rings. The number of ketones is 1. The highest BCUT2D eigenvalue weighted by atomic mass is 16.5.